The number of halogens is 3. The van der Waals surface area contributed by atoms with E-state index in [1.54, 1.807) is 42.0 Å². The molecule has 0 bridgehead atoms. The Balaban J connectivity index is 0.000000304. The third-order valence-electron chi connectivity index (χ3n) is 16.3. The number of phenols is 1. The summed E-state index contributed by atoms with van der Waals surface area (Å²) in [6, 6.07) is 32.9. The van der Waals surface area contributed by atoms with E-state index in [1.165, 1.54) is 85.5 Å². The number of aromatic hydroxyl groups is 1. The van der Waals surface area contributed by atoms with E-state index in [0.717, 1.165) is 44.1 Å². The lowest BCUT2D eigenvalue weighted by atomic mass is 9.81. The number of oxazole rings is 1. The van der Waals surface area contributed by atoms with Gasteiger partial charge in [-0.2, -0.15) is 22.8 Å². The molecular formula is C82H110F3N7O5S. The fraction of sp³-hybridized carbons (Fsp3) is 0.451. The molecule has 1 aliphatic carbocycles. The van der Waals surface area contributed by atoms with Crippen molar-refractivity contribution in [2.75, 3.05) is 0 Å². The van der Waals surface area contributed by atoms with Gasteiger partial charge in [0.15, 0.2) is 40.1 Å². The van der Waals surface area contributed by atoms with Gasteiger partial charge in [0, 0.05) is 28.3 Å². The first-order valence-corrected chi connectivity index (χ1v) is 32.3. The molecule has 0 atom stereocenters. The largest absolute Gasteiger partial charge is 0.508 e. The van der Waals surface area contributed by atoms with E-state index in [2.05, 4.69) is 191 Å². The summed E-state index contributed by atoms with van der Waals surface area (Å²) in [7, 11) is 0. The second-order valence-corrected chi connectivity index (χ2v) is 31.2. The molecular weight excluding hydrogens is 1250 g/mol. The van der Waals surface area contributed by atoms with Crippen molar-refractivity contribution < 1.29 is 36.3 Å². The third kappa shape index (κ3) is 18.9. The van der Waals surface area contributed by atoms with Gasteiger partial charge < -0.3 is 23.1 Å². The molecule has 0 aliphatic heterocycles. The Bertz CT molecular complexity index is 4660. The molecule has 12 aromatic rings. The van der Waals surface area contributed by atoms with E-state index in [4.69, 9.17) is 23.2 Å². The highest BCUT2D eigenvalue weighted by atomic mass is 32.1. The van der Waals surface area contributed by atoms with Crippen LogP contribution in [0.5, 0.6) is 5.75 Å². The number of phenolic OH excluding ortho intramolecular Hbond substituents is 1. The number of nitriles is 1. The van der Waals surface area contributed by atoms with Crippen molar-refractivity contribution in [2.45, 2.75) is 247 Å². The van der Waals surface area contributed by atoms with Gasteiger partial charge in [-0.15, -0.1) is 0 Å². The molecule has 1 N–H and O–H groups in total. The average molecular weight is 1360 g/mol. The summed E-state index contributed by atoms with van der Waals surface area (Å²) in [5, 5.41) is 34.5. The number of hydrogen-bond donors (Lipinski definition) is 1. The Kier molecular flexibility index (Phi) is 27.0. The highest BCUT2D eigenvalue weighted by molar-refractivity contribution is 7.13. The molecule has 0 unspecified atom stereocenters. The first-order chi connectivity index (χ1) is 43.1. The smallest absolute Gasteiger partial charge is 0.437 e. The maximum Gasteiger partial charge on any atom is 0.437 e. The van der Waals surface area contributed by atoms with Crippen molar-refractivity contribution >= 4 is 76.5 Å². The van der Waals surface area contributed by atoms with Gasteiger partial charge in [0.25, 0.3) is 0 Å². The summed E-state index contributed by atoms with van der Waals surface area (Å²) >= 11 is 1.60. The lowest BCUT2D eigenvalue weighted by molar-refractivity contribution is -0.141. The third-order valence-corrected chi connectivity index (χ3v) is 17.2. The van der Waals surface area contributed by atoms with Crippen LogP contribution in [0.4, 0.5) is 13.2 Å². The van der Waals surface area contributed by atoms with Crippen LogP contribution in [0, 0.1) is 39.0 Å². The average Bonchev–Trinajstić information content (AvgIpc) is 1.59. The summed E-state index contributed by atoms with van der Waals surface area (Å²) in [5.41, 5.74) is 17.2. The second-order valence-electron chi connectivity index (χ2n) is 30.4. The minimum Gasteiger partial charge on any atom is -0.508 e. The van der Waals surface area contributed by atoms with Crippen molar-refractivity contribution in [3.63, 3.8) is 0 Å². The Labute approximate surface area is 586 Å². The molecule has 6 heterocycles. The van der Waals surface area contributed by atoms with E-state index in [9.17, 15) is 18.3 Å². The van der Waals surface area contributed by atoms with Gasteiger partial charge in [-0.25, -0.2) is 4.98 Å². The Morgan fingerprint density at radius 1 is 0.490 bits per heavy atom. The zero-order valence-electron chi connectivity index (χ0n) is 58.1. The molecule has 530 valence electrons. The number of fused-ring (bicyclic) bond motifs is 6. The van der Waals surface area contributed by atoms with Gasteiger partial charge in [-0.05, 0) is 183 Å². The zero-order chi connectivity index (χ0) is 68.7. The van der Waals surface area contributed by atoms with Crippen molar-refractivity contribution in [1.29, 1.82) is 5.26 Å². The topological polar surface area (TPSA) is 174 Å². The summed E-state index contributed by atoms with van der Waals surface area (Å²) < 4.78 is 64.8. The number of rotatable bonds is 1. The van der Waals surface area contributed by atoms with Gasteiger partial charge in [-0.3, -0.25) is 4.98 Å². The molecule has 0 spiro atoms. The van der Waals surface area contributed by atoms with Crippen LogP contribution in [0.3, 0.4) is 0 Å². The molecule has 0 radical (unpaired) electrons. The first-order valence-electron chi connectivity index (χ1n) is 31.5. The van der Waals surface area contributed by atoms with Gasteiger partial charge in [-0.1, -0.05) is 226 Å². The maximum absolute atomic E-state index is 12.8. The Morgan fingerprint density at radius 2 is 0.969 bits per heavy atom. The number of para-hydroxylation sites is 1. The lowest BCUT2D eigenvalue weighted by Gasteiger charge is -2.23. The monoisotopic (exact) mass is 1360 g/mol. The molecule has 0 saturated heterocycles. The van der Waals surface area contributed by atoms with Crippen LogP contribution in [0.25, 0.3) is 65.0 Å². The van der Waals surface area contributed by atoms with Crippen LogP contribution in [-0.2, 0) is 38.7 Å². The van der Waals surface area contributed by atoms with Gasteiger partial charge in [0.2, 0.25) is 0 Å². The predicted octanol–water partition coefficient (Wildman–Crippen LogP) is 25.5. The second kappa shape index (κ2) is 31.6. The Morgan fingerprint density at radius 3 is 1.49 bits per heavy atom. The molecule has 98 heavy (non-hydrogen) atoms. The van der Waals surface area contributed by atoms with E-state index in [-0.39, 0.29) is 75.2 Å². The minimum atomic E-state index is -4.49. The molecule has 6 aromatic carbocycles. The summed E-state index contributed by atoms with van der Waals surface area (Å²) in [6.07, 6.45) is 1.32. The number of alkyl halides is 3. The molecule has 1 saturated carbocycles. The normalized spacial score (nSPS) is 12.4. The van der Waals surface area contributed by atoms with Crippen molar-refractivity contribution in [2.24, 2.45) is 0 Å². The standard InChI is InChI=1S/C15H19NO.C13H14N2O.C13H15NO.C13H17NS.C12H12F3NO.C11H13NO.5CH4/c1-9-5-8-11-12(13(9)15(2,3)4)14(16-17-11)10-6-7-10;1-8-5-6-10-11(9(7-14)15-16-10)12(8)13(2,3)4;1-13(2,3)11-8-10(15)7-9-5-4-6-14-12(9)11;1-8-6-7-10-11(9(2)14-15-10)12(8)13(3,4)5;1-11(2,3)7-5-4-6-8-9(7)10(16-17-8)12(13,14)15;1-11(2,3)8-5-4-6-9-10(8)12-7-13-9;;;;;/h5,8,10H,6-7H2,1-4H3;5-6H,1-4H3;4-8,15H,1-3H3;6-7H,1-5H3;4-6H,1-3H3;4-7H,1-3H3;5*1H4. The van der Waals surface area contributed by atoms with Crippen LogP contribution in [0.15, 0.2) is 128 Å². The molecule has 1 aliphatic rings. The van der Waals surface area contributed by atoms with Crippen molar-refractivity contribution in [1.82, 2.24) is 29.8 Å². The zero-order valence-corrected chi connectivity index (χ0v) is 59.0. The van der Waals surface area contributed by atoms with E-state index in [1.807, 2.05) is 64.1 Å². The number of benzene rings is 6. The minimum absolute atomic E-state index is 0. The fourth-order valence-electron chi connectivity index (χ4n) is 12.2. The molecule has 0 amide bonds. The number of nitrogens with zero attached hydrogens (tertiary/aromatic N) is 7. The molecule has 16 heteroatoms. The molecule has 6 aromatic heterocycles. The summed E-state index contributed by atoms with van der Waals surface area (Å²) in [4.78, 5) is 8.60. The molecule has 13 rings (SSSR count). The summed E-state index contributed by atoms with van der Waals surface area (Å²) in [6.45, 7) is 47.0. The van der Waals surface area contributed by atoms with Crippen molar-refractivity contribution in [3.05, 3.63) is 182 Å². The number of pyridine rings is 1. The first kappa shape index (κ1) is 83.8. The van der Waals surface area contributed by atoms with Crippen LogP contribution < -0.4 is 0 Å². The maximum atomic E-state index is 12.8. The molecule has 12 nitrogen and oxygen atoms in total. The predicted molar refractivity (Wildman–Crippen MR) is 406 cm³/mol. The van der Waals surface area contributed by atoms with Crippen LogP contribution in [-0.4, -0.2) is 34.9 Å². The number of aryl methyl sites for hydroxylation is 4. The molecule has 1 fully saturated rings. The van der Waals surface area contributed by atoms with Gasteiger partial charge in [0.1, 0.15) is 17.3 Å². The summed E-state index contributed by atoms with van der Waals surface area (Å²) in [5.74, 6) is 0.944. The van der Waals surface area contributed by atoms with Crippen LogP contribution in [0.1, 0.15) is 253 Å². The van der Waals surface area contributed by atoms with Crippen LogP contribution in [0.2, 0.25) is 0 Å². The fourth-order valence-corrected chi connectivity index (χ4v) is 13.0. The van der Waals surface area contributed by atoms with Gasteiger partial charge in [0.05, 0.1) is 32.4 Å². The van der Waals surface area contributed by atoms with Crippen molar-refractivity contribution in [3.8, 4) is 11.8 Å². The van der Waals surface area contributed by atoms with Crippen LogP contribution >= 0.6 is 11.5 Å². The van der Waals surface area contributed by atoms with E-state index >= 15 is 0 Å². The lowest BCUT2D eigenvalue weighted by Crippen LogP contribution is -2.14. The highest BCUT2D eigenvalue weighted by Crippen LogP contribution is 2.46. The Hall–Kier alpha value is -8.42. The quantitative estimate of drug-likeness (QED) is 0.165. The van der Waals surface area contributed by atoms with E-state index in [0.29, 0.717) is 28.5 Å². The van der Waals surface area contributed by atoms with Gasteiger partial charge >= 0.3 is 6.18 Å². The highest BCUT2D eigenvalue weighted by Gasteiger charge is 2.39. The number of hydrogen-bond acceptors (Lipinski definition) is 13. The number of aromatic nitrogens is 6. The SMILES string of the molecule is C.C.C.C.C.CC(C)(C)c1cc(O)cc2cccnc12.CC(C)(C)c1cccc2ocnc12.CC(C)(C)c1cccc2onc(C(F)(F)F)c12.Cc1ccc2onc(C#N)c2c1C(C)(C)C.Cc1ccc2onc(C3CC3)c2c1C(C)(C)C.Cc1ccc2snc(C)c2c1C(C)(C)C. The van der Waals surface area contributed by atoms with E-state index < -0.39 is 17.3 Å².